The molecule has 1 heterocycles. The van der Waals surface area contributed by atoms with Gasteiger partial charge in [0.25, 0.3) is 0 Å². The summed E-state index contributed by atoms with van der Waals surface area (Å²) in [4.78, 5) is 2.60. The molecule has 1 aromatic carbocycles. The first-order chi connectivity index (χ1) is 9.85. The van der Waals surface area contributed by atoms with Gasteiger partial charge in [0.05, 0.1) is 0 Å². The third-order valence-corrected chi connectivity index (χ3v) is 4.26. The third kappa shape index (κ3) is 4.30. The summed E-state index contributed by atoms with van der Waals surface area (Å²) in [5.74, 6) is 0. The lowest BCUT2D eigenvalue weighted by atomic mass is 9.93. The lowest BCUT2D eigenvalue weighted by Crippen LogP contribution is -2.52. The zero-order valence-electron chi connectivity index (χ0n) is 12.6. The number of benzene rings is 1. The quantitative estimate of drug-likeness (QED) is 0.803. The number of nitrogens with zero attached hydrogens (tertiary/aromatic N) is 1. The first-order valence-corrected chi connectivity index (χ1v) is 7.97. The highest BCUT2D eigenvalue weighted by atomic mass is 16.3. The van der Waals surface area contributed by atoms with Gasteiger partial charge in [-0.05, 0) is 37.9 Å². The van der Waals surface area contributed by atoms with Crippen LogP contribution in [0.5, 0.6) is 0 Å². The summed E-state index contributed by atoms with van der Waals surface area (Å²) in [6, 6.07) is 11.7. The van der Waals surface area contributed by atoms with Gasteiger partial charge in [0.15, 0.2) is 0 Å². The molecule has 0 aromatic heterocycles. The predicted molar refractivity (Wildman–Crippen MR) is 83.7 cm³/mol. The van der Waals surface area contributed by atoms with Crippen LogP contribution in [0.15, 0.2) is 30.3 Å². The molecule has 20 heavy (non-hydrogen) atoms. The van der Waals surface area contributed by atoms with Gasteiger partial charge in [0, 0.05) is 25.2 Å². The van der Waals surface area contributed by atoms with Crippen molar-refractivity contribution < 1.29 is 5.11 Å². The van der Waals surface area contributed by atoms with Gasteiger partial charge in [-0.3, -0.25) is 4.90 Å². The van der Waals surface area contributed by atoms with Gasteiger partial charge in [-0.1, -0.05) is 43.7 Å². The number of hydrogen-bond acceptors (Lipinski definition) is 3. The molecule has 1 aromatic rings. The molecule has 0 amide bonds. The zero-order valence-corrected chi connectivity index (χ0v) is 12.6. The molecule has 1 aliphatic heterocycles. The molecule has 112 valence electrons. The molecule has 3 nitrogen and oxygen atoms in total. The van der Waals surface area contributed by atoms with Crippen molar-refractivity contribution in [2.75, 3.05) is 19.7 Å². The molecule has 1 saturated heterocycles. The highest BCUT2D eigenvalue weighted by Crippen LogP contribution is 2.23. The van der Waals surface area contributed by atoms with Crippen LogP contribution in [0.1, 0.15) is 38.2 Å². The summed E-state index contributed by atoms with van der Waals surface area (Å²) in [7, 11) is 0. The number of rotatable bonds is 7. The van der Waals surface area contributed by atoms with Gasteiger partial charge in [0.2, 0.25) is 0 Å². The Labute approximate surface area is 123 Å². The van der Waals surface area contributed by atoms with Crippen LogP contribution in [-0.4, -0.2) is 41.8 Å². The number of hydrogen-bond donors (Lipinski definition) is 2. The molecule has 2 N–H and O–H groups in total. The minimum Gasteiger partial charge on any atom is -0.396 e. The average Bonchev–Trinajstić information content (AvgIpc) is 2.49. The summed E-state index contributed by atoms with van der Waals surface area (Å²) in [5.41, 5.74) is 1.39. The number of aliphatic hydroxyl groups is 1. The van der Waals surface area contributed by atoms with Gasteiger partial charge in [-0.2, -0.15) is 0 Å². The monoisotopic (exact) mass is 276 g/mol. The van der Waals surface area contributed by atoms with Crippen LogP contribution in [0.3, 0.4) is 0 Å². The summed E-state index contributed by atoms with van der Waals surface area (Å²) in [6.45, 7) is 5.59. The largest absolute Gasteiger partial charge is 0.396 e. The number of likely N-dealkylation sites (N-methyl/N-ethyl adjacent to an activating group) is 1. The van der Waals surface area contributed by atoms with Gasteiger partial charge in [-0.25, -0.2) is 0 Å². The summed E-state index contributed by atoms with van der Waals surface area (Å²) < 4.78 is 0. The van der Waals surface area contributed by atoms with Gasteiger partial charge < -0.3 is 10.4 Å². The Morgan fingerprint density at radius 2 is 2.10 bits per heavy atom. The molecule has 0 spiro atoms. The second-order valence-electron chi connectivity index (χ2n) is 5.70. The molecule has 1 aliphatic rings. The fourth-order valence-corrected chi connectivity index (χ4v) is 3.32. The Hall–Kier alpha value is -0.900. The van der Waals surface area contributed by atoms with Gasteiger partial charge >= 0.3 is 0 Å². The van der Waals surface area contributed by atoms with Crippen molar-refractivity contribution in [3.8, 4) is 0 Å². The van der Waals surface area contributed by atoms with E-state index >= 15 is 0 Å². The number of aliphatic hydroxyl groups excluding tert-OH is 1. The standard InChI is InChI=1S/C17H28N2O/c1-2-18-16(11-13-20)17-10-6-7-12-19(17)14-15-8-4-3-5-9-15/h3-5,8-9,16-18,20H,2,6-7,10-14H2,1H3/t16-,17+/m1/s1. The van der Waals surface area contributed by atoms with Crippen molar-refractivity contribution in [1.29, 1.82) is 0 Å². The van der Waals surface area contributed by atoms with Crippen molar-refractivity contribution in [2.24, 2.45) is 0 Å². The van der Waals surface area contributed by atoms with E-state index in [0.29, 0.717) is 12.1 Å². The van der Waals surface area contributed by atoms with E-state index in [1.165, 1.54) is 31.4 Å². The van der Waals surface area contributed by atoms with Gasteiger partial charge in [-0.15, -0.1) is 0 Å². The number of likely N-dealkylation sites (tertiary alicyclic amines) is 1. The fourth-order valence-electron chi connectivity index (χ4n) is 3.32. The first-order valence-electron chi connectivity index (χ1n) is 7.97. The van der Waals surface area contributed by atoms with E-state index in [1.54, 1.807) is 0 Å². The molecule has 3 heteroatoms. The Balaban J connectivity index is 2.03. The maximum absolute atomic E-state index is 9.31. The van der Waals surface area contributed by atoms with Crippen LogP contribution >= 0.6 is 0 Å². The normalized spacial score (nSPS) is 21.8. The van der Waals surface area contributed by atoms with E-state index in [4.69, 9.17) is 0 Å². The van der Waals surface area contributed by atoms with Crippen LogP contribution in [0, 0.1) is 0 Å². The van der Waals surface area contributed by atoms with Crippen molar-refractivity contribution in [1.82, 2.24) is 10.2 Å². The van der Waals surface area contributed by atoms with Crippen molar-refractivity contribution >= 4 is 0 Å². The summed E-state index contributed by atoms with van der Waals surface area (Å²) in [5, 5.41) is 12.9. The number of nitrogens with one attached hydrogen (secondary N) is 1. The van der Waals surface area contributed by atoms with Crippen LogP contribution in [-0.2, 0) is 6.54 Å². The third-order valence-electron chi connectivity index (χ3n) is 4.26. The topological polar surface area (TPSA) is 35.5 Å². The molecular formula is C17H28N2O. The van der Waals surface area contributed by atoms with E-state index in [1.807, 2.05) is 0 Å². The molecule has 0 saturated carbocycles. The maximum atomic E-state index is 9.31. The van der Waals surface area contributed by atoms with Crippen LogP contribution < -0.4 is 5.32 Å². The Kier molecular flexibility index (Phi) is 6.51. The summed E-state index contributed by atoms with van der Waals surface area (Å²) >= 11 is 0. The molecular weight excluding hydrogens is 248 g/mol. The van der Waals surface area contributed by atoms with Crippen molar-refractivity contribution in [3.63, 3.8) is 0 Å². The molecule has 0 aliphatic carbocycles. The van der Waals surface area contributed by atoms with Crippen molar-refractivity contribution in [2.45, 2.75) is 51.2 Å². The summed E-state index contributed by atoms with van der Waals surface area (Å²) in [6.07, 6.45) is 4.69. The highest BCUT2D eigenvalue weighted by molar-refractivity contribution is 5.14. The molecule has 2 atom stereocenters. The molecule has 0 unspecified atom stereocenters. The average molecular weight is 276 g/mol. The fraction of sp³-hybridized carbons (Fsp3) is 0.647. The minimum atomic E-state index is 0.271. The highest BCUT2D eigenvalue weighted by Gasteiger charge is 2.28. The molecule has 0 radical (unpaired) electrons. The SMILES string of the molecule is CCN[C@H](CCO)[C@@H]1CCCCN1Cc1ccccc1. The maximum Gasteiger partial charge on any atom is 0.0446 e. The first kappa shape index (κ1) is 15.5. The van der Waals surface area contributed by atoms with Crippen molar-refractivity contribution in [3.05, 3.63) is 35.9 Å². The Bertz CT molecular complexity index is 363. The molecule has 0 bridgehead atoms. The van der Waals surface area contributed by atoms with Crippen LogP contribution in [0.4, 0.5) is 0 Å². The smallest absolute Gasteiger partial charge is 0.0446 e. The van der Waals surface area contributed by atoms with Crippen LogP contribution in [0.25, 0.3) is 0 Å². The van der Waals surface area contributed by atoms with Crippen LogP contribution in [0.2, 0.25) is 0 Å². The van der Waals surface area contributed by atoms with Gasteiger partial charge in [0.1, 0.15) is 0 Å². The van der Waals surface area contributed by atoms with E-state index < -0.39 is 0 Å². The molecule has 1 fully saturated rings. The number of piperidine rings is 1. The predicted octanol–water partition coefficient (Wildman–Crippen LogP) is 2.40. The Morgan fingerprint density at radius 1 is 1.30 bits per heavy atom. The molecule has 2 rings (SSSR count). The van der Waals surface area contributed by atoms with E-state index in [-0.39, 0.29) is 6.61 Å². The zero-order chi connectivity index (χ0) is 14.2. The Morgan fingerprint density at radius 3 is 2.80 bits per heavy atom. The van der Waals surface area contributed by atoms with E-state index in [0.717, 1.165) is 19.5 Å². The lowest BCUT2D eigenvalue weighted by Gasteiger charge is -2.40. The lowest BCUT2D eigenvalue weighted by molar-refractivity contribution is 0.0955. The second kappa shape index (κ2) is 8.40. The minimum absolute atomic E-state index is 0.271. The van der Waals surface area contributed by atoms with E-state index in [2.05, 4.69) is 47.5 Å². The van der Waals surface area contributed by atoms with E-state index in [9.17, 15) is 5.11 Å². The second-order valence-corrected chi connectivity index (χ2v) is 5.70.